The van der Waals surface area contributed by atoms with Crippen molar-refractivity contribution in [1.29, 1.82) is 0 Å². The van der Waals surface area contributed by atoms with Gasteiger partial charge < -0.3 is 10.1 Å². The van der Waals surface area contributed by atoms with Crippen molar-refractivity contribution in [3.05, 3.63) is 29.3 Å². The number of hydrogen-bond donors (Lipinski definition) is 1. The molecular weight excluding hydrogens is 268 g/mol. The Kier molecular flexibility index (Phi) is 4.10. The summed E-state index contributed by atoms with van der Waals surface area (Å²) < 4.78 is 7.66. The van der Waals surface area contributed by atoms with E-state index in [-0.39, 0.29) is 0 Å². The van der Waals surface area contributed by atoms with Gasteiger partial charge >= 0.3 is 0 Å². The summed E-state index contributed by atoms with van der Waals surface area (Å²) in [4.78, 5) is 8.62. The first kappa shape index (κ1) is 13.9. The van der Waals surface area contributed by atoms with E-state index in [0.29, 0.717) is 25.1 Å². The highest BCUT2D eigenvalue weighted by atomic mass is 16.5. The van der Waals surface area contributed by atoms with E-state index in [1.54, 1.807) is 0 Å². The summed E-state index contributed by atoms with van der Waals surface area (Å²) in [6, 6.07) is 0. The van der Waals surface area contributed by atoms with Gasteiger partial charge in [0.15, 0.2) is 0 Å². The average Bonchev–Trinajstić information content (AvgIpc) is 2.75. The van der Waals surface area contributed by atoms with Crippen molar-refractivity contribution >= 4 is 5.95 Å². The molecule has 3 rings (SSSR count). The molecule has 2 aromatic rings. The number of aryl methyl sites for hydroxylation is 2. The van der Waals surface area contributed by atoms with Gasteiger partial charge in [0.2, 0.25) is 5.95 Å². The first-order valence-electron chi connectivity index (χ1n) is 7.27. The number of rotatable bonds is 4. The lowest BCUT2D eigenvalue weighted by Gasteiger charge is -2.14. The summed E-state index contributed by atoms with van der Waals surface area (Å²) in [6.45, 7) is 6.89. The molecule has 1 aliphatic heterocycles. The molecule has 0 aromatic carbocycles. The summed E-state index contributed by atoms with van der Waals surface area (Å²) in [7, 11) is 0. The number of nitrogens with zero attached hydrogens (tertiary/aromatic N) is 5. The predicted molar refractivity (Wildman–Crippen MR) is 77.8 cm³/mol. The smallest absolute Gasteiger partial charge is 0.222 e. The minimum atomic E-state index is 0.321. The predicted octanol–water partition coefficient (Wildman–Crippen LogP) is 1.20. The summed E-state index contributed by atoms with van der Waals surface area (Å²) in [5.41, 5.74) is 3.16. The third kappa shape index (κ3) is 3.18. The lowest BCUT2D eigenvalue weighted by Crippen LogP contribution is -2.23. The molecule has 3 heterocycles. The molecule has 2 aromatic heterocycles. The number of hydrogen-bond acceptors (Lipinski definition) is 6. The van der Waals surface area contributed by atoms with Gasteiger partial charge in [0.05, 0.1) is 24.6 Å². The molecule has 0 radical (unpaired) electrons. The van der Waals surface area contributed by atoms with Crippen LogP contribution in [-0.2, 0) is 24.3 Å². The number of aromatic nitrogens is 5. The highest BCUT2D eigenvalue weighted by Crippen LogP contribution is 2.15. The second-order valence-electron chi connectivity index (χ2n) is 5.33. The zero-order valence-electron chi connectivity index (χ0n) is 12.4. The van der Waals surface area contributed by atoms with E-state index in [4.69, 9.17) is 4.74 Å². The van der Waals surface area contributed by atoms with Gasteiger partial charge in [-0.2, -0.15) is 0 Å². The van der Waals surface area contributed by atoms with Crippen LogP contribution in [0.1, 0.15) is 23.9 Å². The van der Waals surface area contributed by atoms with Crippen LogP contribution in [0.5, 0.6) is 0 Å². The zero-order chi connectivity index (χ0) is 14.7. The second-order valence-corrected chi connectivity index (χ2v) is 5.33. The average molecular weight is 288 g/mol. The molecule has 0 amide bonds. The molecule has 0 fully saturated rings. The standard InChI is InChI=1S/C14H20N6O/c1-3-11-4-15-14(16-5-11)17-6-12-7-20-13(9-21-8-12)10(2)18-19-20/h4-5,12H,3,6-9H2,1-2H3,(H,15,16,17)/t12-/m1/s1. The third-order valence-corrected chi connectivity index (χ3v) is 3.72. The zero-order valence-corrected chi connectivity index (χ0v) is 12.4. The number of fused-ring (bicyclic) bond motifs is 1. The minimum Gasteiger partial charge on any atom is -0.375 e. The fourth-order valence-electron chi connectivity index (χ4n) is 2.35. The number of ether oxygens (including phenoxy) is 1. The molecule has 0 saturated heterocycles. The van der Waals surface area contributed by atoms with Crippen LogP contribution < -0.4 is 5.32 Å². The monoisotopic (exact) mass is 288 g/mol. The maximum absolute atomic E-state index is 5.72. The highest BCUT2D eigenvalue weighted by molar-refractivity contribution is 5.24. The van der Waals surface area contributed by atoms with E-state index in [1.807, 2.05) is 24.0 Å². The van der Waals surface area contributed by atoms with Gasteiger partial charge in [0.1, 0.15) is 0 Å². The van der Waals surface area contributed by atoms with Gasteiger partial charge in [-0.3, -0.25) is 0 Å². The summed E-state index contributed by atoms with van der Waals surface area (Å²) in [6.07, 6.45) is 4.67. The maximum atomic E-state index is 5.72. The van der Waals surface area contributed by atoms with Crippen LogP contribution in [0.4, 0.5) is 5.95 Å². The maximum Gasteiger partial charge on any atom is 0.222 e. The molecule has 1 N–H and O–H groups in total. The molecule has 7 heteroatoms. The minimum absolute atomic E-state index is 0.321. The van der Waals surface area contributed by atoms with Gasteiger partial charge in [0.25, 0.3) is 0 Å². The molecule has 112 valence electrons. The quantitative estimate of drug-likeness (QED) is 0.911. The third-order valence-electron chi connectivity index (χ3n) is 3.72. The van der Waals surface area contributed by atoms with E-state index in [1.165, 1.54) is 0 Å². The van der Waals surface area contributed by atoms with Crippen LogP contribution in [-0.4, -0.2) is 38.1 Å². The number of anilines is 1. The summed E-state index contributed by atoms with van der Waals surface area (Å²) >= 11 is 0. The van der Waals surface area contributed by atoms with Crippen LogP contribution in [0, 0.1) is 12.8 Å². The van der Waals surface area contributed by atoms with E-state index in [0.717, 1.165) is 36.5 Å². The fourth-order valence-corrected chi connectivity index (χ4v) is 2.35. The lowest BCUT2D eigenvalue weighted by molar-refractivity contribution is 0.0976. The van der Waals surface area contributed by atoms with Crippen molar-refractivity contribution in [2.45, 2.75) is 33.4 Å². The van der Waals surface area contributed by atoms with Crippen LogP contribution in [0.3, 0.4) is 0 Å². The highest BCUT2D eigenvalue weighted by Gasteiger charge is 2.20. The largest absolute Gasteiger partial charge is 0.375 e. The molecule has 1 atom stereocenters. The van der Waals surface area contributed by atoms with Crippen molar-refractivity contribution in [2.75, 3.05) is 18.5 Å². The van der Waals surface area contributed by atoms with E-state index in [9.17, 15) is 0 Å². The first-order chi connectivity index (χ1) is 10.3. The summed E-state index contributed by atoms with van der Waals surface area (Å²) in [5, 5.41) is 11.5. The van der Waals surface area contributed by atoms with Crippen molar-refractivity contribution in [3.8, 4) is 0 Å². The van der Waals surface area contributed by atoms with Gasteiger partial charge in [-0.15, -0.1) is 5.10 Å². The second kappa shape index (κ2) is 6.17. The Labute approximate surface area is 123 Å². The number of nitrogens with one attached hydrogen (secondary N) is 1. The van der Waals surface area contributed by atoms with Crippen molar-refractivity contribution in [2.24, 2.45) is 5.92 Å². The van der Waals surface area contributed by atoms with Crippen molar-refractivity contribution in [1.82, 2.24) is 25.0 Å². The van der Waals surface area contributed by atoms with Crippen LogP contribution in [0.2, 0.25) is 0 Å². The molecule has 7 nitrogen and oxygen atoms in total. The van der Waals surface area contributed by atoms with Gasteiger partial charge in [-0.1, -0.05) is 12.1 Å². The summed E-state index contributed by atoms with van der Waals surface area (Å²) in [5.74, 6) is 0.980. The van der Waals surface area contributed by atoms with E-state index in [2.05, 4.69) is 32.5 Å². The Morgan fingerprint density at radius 2 is 2.19 bits per heavy atom. The van der Waals surface area contributed by atoms with Gasteiger partial charge in [-0.25, -0.2) is 14.6 Å². The van der Waals surface area contributed by atoms with Gasteiger partial charge in [-0.05, 0) is 18.9 Å². The Hall–Kier alpha value is -2.02. The Bertz CT molecular complexity index is 594. The topological polar surface area (TPSA) is 77.8 Å². The van der Waals surface area contributed by atoms with E-state index >= 15 is 0 Å². The Balaban J connectivity index is 1.60. The molecular formula is C14H20N6O. The molecule has 0 saturated carbocycles. The fraction of sp³-hybridized carbons (Fsp3) is 0.571. The first-order valence-corrected chi connectivity index (χ1v) is 7.27. The molecule has 0 spiro atoms. The van der Waals surface area contributed by atoms with Crippen LogP contribution in [0.15, 0.2) is 12.4 Å². The Morgan fingerprint density at radius 1 is 1.38 bits per heavy atom. The van der Waals surface area contributed by atoms with Crippen LogP contribution in [0.25, 0.3) is 0 Å². The van der Waals surface area contributed by atoms with Crippen molar-refractivity contribution < 1.29 is 4.74 Å². The molecule has 0 aliphatic carbocycles. The molecule has 1 aliphatic rings. The Morgan fingerprint density at radius 3 is 2.95 bits per heavy atom. The van der Waals surface area contributed by atoms with Crippen LogP contribution >= 0.6 is 0 Å². The lowest BCUT2D eigenvalue weighted by atomic mass is 10.1. The molecule has 21 heavy (non-hydrogen) atoms. The van der Waals surface area contributed by atoms with Crippen molar-refractivity contribution in [3.63, 3.8) is 0 Å². The molecule has 0 unspecified atom stereocenters. The SMILES string of the molecule is CCc1cnc(NC[C@H]2COCc3c(C)nnn3C2)nc1. The van der Waals surface area contributed by atoms with E-state index < -0.39 is 0 Å². The van der Waals surface area contributed by atoms with Gasteiger partial charge in [0, 0.05) is 31.4 Å². The molecule has 0 bridgehead atoms. The normalized spacial score (nSPS) is 18.1.